The van der Waals surface area contributed by atoms with Gasteiger partial charge in [-0.1, -0.05) is 17.7 Å². The zero-order valence-corrected chi connectivity index (χ0v) is 13.3. The van der Waals surface area contributed by atoms with Crippen molar-refractivity contribution in [3.8, 4) is 5.75 Å². The molecule has 0 aliphatic heterocycles. The number of esters is 1. The average molecular weight is 324 g/mol. The summed E-state index contributed by atoms with van der Waals surface area (Å²) >= 11 is 5.89. The highest BCUT2D eigenvalue weighted by Gasteiger charge is 2.12. The van der Waals surface area contributed by atoms with Crippen LogP contribution < -0.4 is 4.74 Å². The molecule has 2 aromatic rings. The number of hydrogen-bond donors (Lipinski definition) is 0. The van der Waals surface area contributed by atoms with Crippen LogP contribution >= 0.6 is 11.6 Å². The van der Waals surface area contributed by atoms with Gasteiger partial charge in [0.1, 0.15) is 18.1 Å². The lowest BCUT2D eigenvalue weighted by molar-refractivity contribution is 0.0561. The first-order valence-corrected chi connectivity index (χ1v) is 7.20. The molecule has 0 unspecified atom stereocenters. The molecule has 5 nitrogen and oxygen atoms in total. The van der Waals surface area contributed by atoms with E-state index < -0.39 is 5.97 Å². The largest absolute Gasteiger partial charge is 0.492 e. The van der Waals surface area contributed by atoms with E-state index in [4.69, 9.17) is 20.8 Å². The molecule has 0 atom stereocenters. The second kappa shape index (κ2) is 7.87. The van der Waals surface area contributed by atoms with Crippen LogP contribution in [0.4, 0.5) is 0 Å². The smallest absolute Gasteiger partial charge is 0.373 e. The van der Waals surface area contributed by atoms with E-state index in [1.54, 1.807) is 24.3 Å². The fraction of sp³-hybridized carbons (Fsp3) is 0.312. The van der Waals surface area contributed by atoms with Crippen LogP contribution in [0.5, 0.6) is 5.75 Å². The van der Waals surface area contributed by atoms with E-state index in [9.17, 15) is 4.79 Å². The van der Waals surface area contributed by atoms with Crippen molar-refractivity contribution in [1.29, 1.82) is 0 Å². The number of methoxy groups -OCH3 is 1. The molecule has 118 valence electrons. The molecule has 22 heavy (non-hydrogen) atoms. The minimum Gasteiger partial charge on any atom is -0.492 e. The van der Waals surface area contributed by atoms with Gasteiger partial charge < -0.3 is 13.9 Å². The number of rotatable bonds is 7. The maximum atomic E-state index is 11.3. The molecule has 0 radical (unpaired) electrons. The van der Waals surface area contributed by atoms with Gasteiger partial charge in [-0.15, -0.1) is 0 Å². The average Bonchev–Trinajstić information content (AvgIpc) is 2.95. The van der Waals surface area contributed by atoms with Crippen LogP contribution in [-0.4, -0.2) is 38.2 Å². The highest BCUT2D eigenvalue weighted by molar-refractivity contribution is 6.30. The maximum absolute atomic E-state index is 11.3. The van der Waals surface area contributed by atoms with Crippen molar-refractivity contribution in [1.82, 2.24) is 4.90 Å². The van der Waals surface area contributed by atoms with E-state index in [0.717, 1.165) is 5.75 Å². The van der Waals surface area contributed by atoms with Gasteiger partial charge in [-0.2, -0.15) is 0 Å². The number of carbonyl (C=O) groups excluding carboxylic acids is 1. The predicted molar refractivity (Wildman–Crippen MR) is 83.3 cm³/mol. The molecule has 0 saturated carbocycles. The van der Waals surface area contributed by atoms with Crippen molar-refractivity contribution in [2.24, 2.45) is 0 Å². The molecule has 1 aromatic heterocycles. The first kappa shape index (κ1) is 16.4. The van der Waals surface area contributed by atoms with Crippen LogP contribution in [-0.2, 0) is 11.3 Å². The van der Waals surface area contributed by atoms with E-state index in [-0.39, 0.29) is 5.76 Å². The topological polar surface area (TPSA) is 51.9 Å². The molecule has 2 rings (SSSR count). The van der Waals surface area contributed by atoms with Gasteiger partial charge in [-0.25, -0.2) is 4.79 Å². The number of nitrogens with zero attached hydrogens (tertiary/aromatic N) is 1. The number of hydrogen-bond acceptors (Lipinski definition) is 5. The minimum absolute atomic E-state index is 0.209. The molecule has 0 bridgehead atoms. The van der Waals surface area contributed by atoms with Crippen molar-refractivity contribution in [2.75, 3.05) is 27.3 Å². The Morgan fingerprint density at radius 3 is 2.86 bits per heavy atom. The van der Waals surface area contributed by atoms with Crippen molar-refractivity contribution < 1.29 is 18.7 Å². The second-order valence-corrected chi connectivity index (χ2v) is 5.24. The van der Waals surface area contributed by atoms with Crippen LogP contribution in [0.1, 0.15) is 16.3 Å². The van der Waals surface area contributed by atoms with Crippen molar-refractivity contribution in [2.45, 2.75) is 6.54 Å². The van der Waals surface area contributed by atoms with Gasteiger partial charge in [0.2, 0.25) is 5.76 Å². The first-order chi connectivity index (χ1) is 10.6. The van der Waals surface area contributed by atoms with Crippen LogP contribution in [0.3, 0.4) is 0 Å². The number of likely N-dealkylation sites (N-methyl/N-ethyl adjacent to an activating group) is 1. The third-order valence-corrected chi connectivity index (χ3v) is 3.25. The van der Waals surface area contributed by atoms with Crippen molar-refractivity contribution >= 4 is 17.6 Å². The van der Waals surface area contributed by atoms with Gasteiger partial charge in [0.05, 0.1) is 13.7 Å². The third-order valence-electron chi connectivity index (χ3n) is 3.01. The zero-order chi connectivity index (χ0) is 15.9. The zero-order valence-electron chi connectivity index (χ0n) is 12.5. The number of ether oxygens (including phenoxy) is 2. The van der Waals surface area contributed by atoms with Gasteiger partial charge >= 0.3 is 5.97 Å². The molecule has 0 N–H and O–H groups in total. The summed E-state index contributed by atoms with van der Waals surface area (Å²) in [6, 6.07) is 10.7. The molecule has 0 spiro atoms. The number of benzene rings is 1. The Morgan fingerprint density at radius 2 is 2.14 bits per heavy atom. The molecule has 1 heterocycles. The van der Waals surface area contributed by atoms with Gasteiger partial charge in [-0.3, -0.25) is 4.90 Å². The molecule has 0 aliphatic rings. The van der Waals surface area contributed by atoms with E-state index in [1.807, 2.05) is 24.1 Å². The number of carbonyl (C=O) groups is 1. The summed E-state index contributed by atoms with van der Waals surface area (Å²) in [5.74, 6) is 1.18. The molecule has 1 aromatic carbocycles. The van der Waals surface area contributed by atoms with Crippen LogP contribution in [0, 0.1) is 0 Å². The SMILES string of the molecule is COC(=O)c1ccc(CN(C)CCOc2cccc(Cl)c2)o1. The van der Waals surface area contributed by atoms with E-state index >= 15 is 0 Å². The Bertz CT molecular complexity index is 626. The Hall–Kier alpha value is -1.98. The van der Waals surface area contributed by atoms with E-state index in [1.165, 1.54) is 7.11 Å². The Balaban J connectivity index is 1.77. The highest BCUT2D eigenvalue weighted by Crippen LogP contribution is 2.17. The maximum Gasteiger partial charge on any atom is 0.373 e. The minimum atomic E-state index is -0.474. The third kappa shape index (κ3) is 4.79. The summed E-state index contributed by atoms with van der Waals surface area (Å²) in [7, 11) is 3.27. The van der Waals surface area contributed by atoms with Gasteiger partial charge in [-0.05, 0) is 37.4 Å². The quantitative estimate of drug-likeness (QED) is 0.732. The molecule has 0 saturated heterocycles. The van der Waals surface area contributed by atoms with E-state index in [0.29, 0.717) is 30.5 Å². The highest BCUT2D eigenvalue weighted by atomic mass is 35.5. The Morgan fingerprint density at radius 1 is 1.32 bits per heavy atom. The van der Waals surface area contributed by atoms with Crippen molar-refractivity contribution in [3.05, 3.63) is 52.9 Å². The summed E-state index contributed by atoms with van der Waals surface area (Å²) in [5, 5.41) is 0.650. The van der Waals surface area contributed by atoms with Gasteiger partial charge in [0, 0.05) is 11.6 Å². The number of halogens is 1. The number of furan rings is 1. The van der Waals surface area contributed by atoms with Crippen LogP contribution in [0.2, 0.25) is 5.02 Å². The second-order valence-electron chi connectivity index (χ2n) is 4.80. The first-order valence-electron chi connectivity index (χ1n) is 6.82. The summed E-state index contributed by atoms with van der Waals surface area (Å²) in [5.41, 5.74) is 0. The normalized spacial score (nSPS) is 10.7. The van der Waals surface area contributed by atoms with Gasteiger partial charge in [0.25, 0.3) is 0 Å². The summed E-state index contributed by atoms with van der Waals surface area (Å²) in [4.78, 5) is 13.3. The molecule has 0 amide bonds. The van der Waals surface area contributed by atoms with Crippen molar-refractivity contribution in [3.63, 3.8) is 0 Å². The lowest BCUT2D eigenvalue weighted by Crippen LogP contribution is -2.23. The predicted octanol–water partition coefficient (Wildman–Crippen LogP) is 3.23. The van der Waals surface area contributed by atoms with Crippen LogP contribution in [0.25, 0.3) is 0 Å². The molecule has 6 heteroatoms. The fourth-order valence-corrected chi connectivity index (χ4v) is 2.07. The Kier molecular flexibility index (Phi) is 5.86. The molecular formula is C16H18ClNO4. The summed E-state index contributed by atoms with van der Waals surface area (Å²) in [6.45, 7) is 1.82. The summed E-state index contributed by atoms with van der Waals surface area (Å²) < 4.78 is 15.6. The standard InChI is InChI=1S/C16H18ClNO4/c1-18(8-9-21-13-5-3-4-12(17)10-13)11-14-6-7-15(22-14)16(19)20-2/h3-7,10H,8-9,11H2,1-2H3. The lowest BCUT2D eigenvalue weighted by Gasteiger charge is -2.15. The monoisotopic (exact) mass is 323 g/mol. The molecule has 0 fully saturated rings. The molecule has 0 aliphatic carbocycles. The van der Waals surface area contributed by atoms with E-state index in [2.05, 4.69) is 4.74 Å². The van der Waals surface area contributed by atoms with Crippen LogP contribution in [0.15, 0.2) is 40.8 Å². The fourth-order valence-electron chi connectivity index (χ4n) is 1.89. The van der Waals surface area contributed by atoms with Gasteiger partial charge in [0.15, 0.2) is 0 Å². The Labute approximate surface area is 134 Å². The molecular weight excluding hydrogens is 306 g/mol. The summed E-state index contributed by atoms with van der Waals surface area (Å²) in [6.07, 6.45) is 0. The lowest BCUT2D eigenvalue weighted by atomic mass is 10.3.